The van der Waals surface area contributed by atoms with Crippen molar-refractivity contribution in [1.29, 1.82) is 0 Å². The molecule has 132 heavy (non-hydrogen) atoms. The van der Waals surface area contributed by atoms with Gasteiger partial charge in [0.15, 0.2) is 0 Å². The van der Waals surface area contributed by atoms with E-state index in [1.165, 1.54) is 0 Å². The number of aromatic nitrogens is 6. The molecule has 0 N–H and O–H groups in total. The summed E-state index contributed by atoms with van der Waals surface area (Å²) in [6.45, 7) is 5.83. The first-order valence-electron chi connectivity index (χ1n) is 42.7. The van der Waals surface area contributed by atoms with Crippen LogP contribution in [-0.2, 0) is 94.3 Å². The number of rotatable bonds is 42. The number of nitrogens with zero attached hydrogens (tertiary/aromatic N) is 12. The van der Waals surface area contributed by atoms with Gasteiger partial charge in [0.1, 0.15) is 0 Å². The number of benzene rings is 9. The van der Waals surface area contributed by atoms with Crippen molar-refractivity contribution in [3.05, 3.63) is 502 Å². The molecule has 674 valence electrons. The van der Waals surface area contributed by atoms with Crippen LogP contribution < -0.4 is 0 Å². The molecule has 0 radical (unpaired) electrons. The van der Waals surface area contributed by atoms with Gasteiger partial charge in [0.25, 0.3) is 0 Å². The predicted octanol–water partition coefficient (Wildman–Crippen LogP) is 24.4. The van der Waals surface area contributed by atoms with Gasteiger partial charge in [-0.1, -0.05) is 291 Å². The zero-order valence-electron chi connectivity index (χ0n) is 72.6. The summed E-state index contributed by atoms with van der Waals surface area (Å²) in [5.41, 5.74) is 18.2. The zero-order valence-corrected chi connectivity index (χ0v) is 77.8. The maximum absolute atomic E-state index is 6.10. The fourth-order valence-electron chi connectivity index (χ4n) is 13.0. The van der Waals surface area contributed by atoms with Crippen molar-refractivity contribution >= 4 is 77.7 Å². The van der Waals surface area contributed by atoms with Gasteiger partial charge in [-0.25, -0.2) is 0 Å². The van der Waals surface area contributed by atoms with E-state index in [0.717, 1.165) is 101 Å². The summed E-state index contributed by atoms with van der Waals surface area (Å²) < 4.78 is 36.6. The van der Waals surface area contributed by atoms with Gasteiger partial charge in [0.2, 0.25) is 0 Å². The molecule has 15 rings (SSSR count). The van der Waals surface area contributed by atoms with Gasteiger partial charge in [-0.15, -0.1) is 0 Å². The van der Waals surface area contributed by atoms with Crippen LogP contribution in [0, 0.1) is 0 Å². The van der Waals surface area contributed by atoms with Gasteiger partial charge in [-0.05, 0) is 140 Å². The zero-order chi connectivity index (χ0) is 91.4. The number of aliphatic imine (C=N–C) groups is 6. The Labute approximate surface area is 803 Å². The Kier molecular flexibility index (Phi) is 46.8. The topological polar surface area (TPSA) is 207 Å². The molecule has 24 heteroatoms. The van der Waals surface area contributed by atoms with Crippen molar-refractivity contribution < 1.29 is 54.7 Å². The van der Waals surface area contributed by atoms with Gasteiger partial charge >= 0.3 is 66.7 Å². The van der Waals surface area contributed by atoms with Gasteiger partial charge in [0, 0.05) is 74.5 Å². The van der Waals surface area contributed by atoms with Crippen LogP contribution >= 0.6 is 40.4 Å². The van der Waals surface area contributed by atoms with Gasteiger partial charge in [0.05, 0.1) is 150 Å². The minimum absolute atomic E-state index is 0.112. The van der Waals surface area contributed by atoms with E-state index in [9.17, 15) is 0 Å². The number of halogens is 4. The van der Waals surface area contributed by atoms with E-state index in [1.807, 2.05) is 256 Å². The van der Waals surface area contributed by atoms with Crippen LogP contribution in [0.3, 0.4) is 0 Å². The molecular weight excluding hydrogens is 1810 g/mol. The second kappa shape index (κ2) is 61.5. The predicted molar refractivity (Wildman–Crippen MR) is 527 cm³/mol. The Bertz CT molecular complexity index is 4820. The third-order valence-electron chi connectivity index (χ3n) is 19.9. The molecule has 15 aromatic rings. The maximum atomic E-state index is 6.10. The summed E-state index contributed by atoms with van der Waals surface area (Å²) in [5, 5.41) is 0. The molecule has 0 amide bonds. The number of hydrogen-bond acceptors (Lipinski definition) is 18. The van der Waals surface area contributed by atoms with Crippen molar-refractivity contribution in [3.63, 3.8) is 0 Å². The molecule has 18 nitrogen and oxygen atoms in total. The average molecular weight is 1920 g/mol. The third-order valence-corrected chi connectivity index (χ3v) is 19.9. The molecule has 0 fully saturated rings. The van der Waals surface area contributed by atoms with Crippen LogP contribution in [0.25, 0.3) is 0 Å². The van der Waals surface area contributed by atoms with E-state index < -0.39 is 0 Å². The second-order valence-electron chi connectivity index (χ2n) is 29.4. The number of hydrogen-bond donors (Lipinski definition) is 0. The second-order valence-corrected chi connectivity index (χ2v) is 33.0. The van der Waals surface area contributed by atoms with E-state index in [4.69, 9.17) is 98.8 Å². The van der Waals surface area contributed by atoms with Crippen LogP contribution in [0.2, 0.25) is 0 Å². The van der Waals surface area contributed by atoms with Crippen LogP contribution in [0.15, 0.2) is 431 Å². The Hall–Kier alpha value is -12.1. The molecule has 0 aliphatic heterocycles. The molecule has 6 aromatic heterocycles. The van der Waals surface area contributed by atoms with Crippen LogP contribution in [0.1, 0.15) is 137 Å². The Morgan fingerprint density at radius 2 is 0.318 bits per heavy atom. The van der Waals surface area contributed by atoms with E-state index in [1.54, 1.807) is 37.2 Å². The number of pyridine rings is 6. The van der Waals surface area contributed by atoms with Crippen LogP contribution in [0.4, 0.5) is 0 Å². The molecule has 0 aliphatic rings. The van der Waals surface area contributed by atoms with Crippen molar-refractivity contribution in [2.45, 2.75) is 75.9 Å². The Morgan fingerprint density at radius 1 is 0.189 bits per heavy atom. The quantitative estimate of drug-likeness (QED) is 0.0259. The van der Waals surface area contributed by atoms with Crippen molar-refractivity contribution in [1.82, 2.24) is 29.9 Å². The molecule has 6 heterocycles. The summed E-state index contributed by atoms with van der Waals surface area (Å²) in [6.07, 6.45) is 21.4. The molecule has 0 aliphatic carbocycles. The third kappa shape index (κ3) is 38.7. The summed E-state index contributed by atoms with van der Waals surface area (Å²) in [4.78, 5) is 54.6. The van der Waals surface area contributed by atoms with Crippen molar-refractivity contribution in [2.24, 2.45) is 30.0 Å². The van der Waals surface area contributed by atoms with Crippen LogP contribution in [-0.4, -0.2) is 107 Å². The van der Waals surface area contributed by atoms with Gasteiger partial charge in [-0.2, -0.15) is 0 Å². The normalized spacial score (nSPS) is 12.7. The summed E-state index contributed by atoms with van der Waals surface area (Å²) in [6, 6.07) is 120. The molecule has 0 unspecified atom stereocenters. The SMILES string of the molecule is C(=N[C@H](COCc1ccc(COC[C@@H](N=Cc2ccccn2)c2ccccc2)cc1)c1ccccc1)c1ccccn1.C(=N[C@H](COCc1ccc(COC[C@@H](N=Cc2ccccn2)c2ccccc2)cc1)c1ccccc1)c1ccccn1.C(=N[C@H](COCc1ccc(COC[C@@H](N=Cc2ccccn2)c2ccccc2)cc1)c1ccccc1)c1ccccn1.[Cl][Fe][Cl].[Cl][Fe][Cl]. The first-order valence-corrected chi connectivity index (χ1v) is 48.8. The molecular formula is C108H102Cl4Fe2N12O6. The fraction of sp³-hybridized carbons (Fsp3) is 0.167. The molecule has 0 saturated heterocycles. The van der Waals surface area contributed by atoms with E-state index >= 15 is 0 Å². The summed E-state index contributed by atoms with van der Waals surface area (Å²) in [7, 11) is 19.1. The molecule has 0 spiro atoms. The van der Waals surface area contributed by atoms with Crippen molar-refractivity contribution in [3.8, 4) is 0 Å². The number of ether oxygens (including phenoxy) is 6. The standard InChI is InChI=1S/3C36H34N4O2.4ClH.2Fe/c3*1-3-11-31(12-4-1)35(39-23-33-15-7-9-21-37-33)27-41-25-29-17-19-30(20-18-29)26-42-28-36(32-13-5-2-6-14-32)40-24-34-16-8-10-22-38-34;;;;;;/h3*1-24,35-36H,25-28H2;4*1H;;/q;;;;;;;2*+2/p-4/t3*35-,36-;;;;;;/m111....../s1. The van der Waals surface area contributed by atoms with E-state index in [0.29, 0.717) is 79.3 Å². The summed E-state index contributed by atoms with van der Waals surface area (Å²) in [5.74, 6) is 0. The van der Waals surface area contributed by atoms with Crippen LogP contribution in [0.5, 0.6) is 0 Å². The molecule has 0 bridgehead atoms. The molecule has 6 atom stereocenters. The Morgan fingerprint density at radius 3 is 0.439 bits per heavy atom. The monoisotopic (exact) mass is 1910 g/mol. The average Bonchev–Trinajstić information content (AvgIpc) is 0.898. The first kappa shape index (κ1) is 100. The summed E-state index contributed by atoms with van der Waals surface area (Å²) >= 11 is 0.389. The first-order chi connectivity index (χ1) is 65.3. The van der Waals surface area contributed by atoms with Crippen molar-refractivity contribution in [2.75, 3.05) is 39.6 Å². The molecule has 9 aromatic carbocycles. The fourth-order valence-corrected chi connectivity index (χ4v) is 13.0. The minimum atomic E-state index is -0.112. The van der Waals surface area contributed by atoms with E-state index in [2.05, 4.69) is 175 Å². The van der Waals surface area contributed by atoms with Gasteiger partial charge < -0.3 is 28.4 Å². The van der Waals surface area contributed by atoms with E-state index in [-0.39, 0.29) is 62.5 Å². The Balaban J connectivity index is 0.000000185. The van der Waals surface area contributed by atoms with Gasteiger partial charge in [-0.3, -0.25) is 59.9 Å². The molecule has 0 saturated carbocycles.